The first kappa shape index (κ1) is 15.7. The van der Waals surface area contributed by atoms with Crippen molar-refractivity contribution in [2.75, 3.05) is 31.7 Å². The van der Waals surface area contributed by atoms with Crippen LogP contribution in [-0.2, 0) is 6.42 Å². The lowest BCUT2D eigenvalue weighted by Crippen LogP contribution is -2.36. The molecule has 0 bridgehead atoms. The Morgan fingerprint density at radius 3 is 2.53 bits per heavy atom. The van der Waals surface area contributed by atoms with Gasteiger partial charge in [-0.1, -0.05) is 20.8 Å². The normalized spacial score (nSPS) is 13.0. The summed E-state index contributed by atoms with van der Waals surface area (Å²) < 4.78 is 0. The topological polar surface area (TPSA) is 67.1 Å². The van der Waals surface area contributed by atoms with E-state index in [1.807, 2.05) is 6.07 Å². The zero-order valence-electron chi connectivity index (χ0n) is 12.8. The van der Waals surface area contributed by atoms with E-state index in [9.17, 15) is 0 Å². The van der Waals surface area contributed by atoms with Gasteiger partial charge in [0.1, 0.15) is 17.5 Å². The Morgan fingerprint density at radius 1 is 1.32 bits per heavy atom. The minimum absolute atomic E-state index is 0.346. The molecule has 0 spiro atoms. The first-order chi connectivity index (χ1) is 8.92. The molecule has 5 heteroatoms. The molecule has 0 aromatic carbocycles. The van der Waals surface area contributed by atoms with E-state index in [2.05, 4.69) is 55.1 Å². The van der Waals surface area contributed by atoms with Crippen LogP contribution in [0.5, 0.6) is 0 Å². The number of aryl methyl sites for hydroxylation is 1. The second-order valence-electron chi connectivity index (χ2n) is 5.60. The molecule has 5 nitrogen and oxygen atoms in total. The van der Waals surface area contributed by atoms with Crippen molar-refractivity contribution in [2.24, 2.45) is 5.92 Å². The molecule has 0 aliphatic rings. The molecule has 1 atom stereocenters. The average molecular weight is 265 g/mol. The molecule has 0 radical (unpaired) electrons. The Labute approximate surface area is 116 Å². The smallest absolute Gasteiger partial charge is 0.133 e. The number of nitrogens with one attached hydrogen (secondary N) is 1. The lowest BCUT2D eigenvalue weighted by molar-refractivity contribution is 0.344. The molecule has 1 unspecified atom stereocenters. The maximum atomic E-state index is 5.84. The van der Waals surface area contributed by atoms with Crippen LogP contribution in [-0.4, -0.2) is 41.5 Å². The van der Waals surface area contributed by atoms with E-state index in [4.69, 9.17) is 5.73 Å². The van der Waals surface area contributed by atoms with Crippen molar-refractivity contribution in [1.29, 1.82) is 0 Å². The quantitative estimate of drug-likeness (QED) is 0.789. The molecule has 0 aliphatic heterocycles. The van der Waals surface area contributed by atoms with E-state index in [0.29, 0.717) is 17.8 Å². The number of nitrogens with two attached hydrogens (primary N) is 1. The number of hydrogen-bond donors (Lipinski definition) is 2. The van der Waals surface area contributed by atoms with Gasteiger partial charge in [0.25, 0.3) is 0 Å². The van der Waals surface area contributed by atoms with Gasteiger partial charge in [0.05, 0.1) is 0 Å². The fourth-order valence-corrected chi connectivity index (χ4v) is 1.93. The first-order valence-corrected chi connectivity index (χ1v) is 6.97. The molecule has 1 heterocycles. The zero-order chi connectivity index (χ0) is 14.4. The van der Waals surface area contributed by atoms with E-state index in [0.717, 1.165) is 31.0 Å². The summed E-state index contributed by atoms with van der Waals surface area (Å²) in [6, 6.07) is 2.16. The van der Waals surface area contributed by atoms with Gasteiger partial charge in [-0.2, -0.15) is 0 Å². The average Bonchev–Trinajstić information content (AvgIpc) is 2.27. The first-order valence-electron chi connectivity index (χ1n) is 6.97. The fourth-order valence-electron chi connectivity index (χ4n) is 1.93. The van der Waals surface area contributed by atoms with E-state index in [-0.39, 0.29) is 0 Å². The predicted octanol–water partition coefficient (Wildman–Crippen LogP) is 2.01. The number of nitrogens with zero attached hydrogens (tertiary/aromatic N) is 3. The van der Waals surface area contributed by atoms with Crippen LogP contribution in [0.1, 0.15) is 33.0 Å². The summed E-state index contributed by atoms with van der Waals surface area (Å²) in [7, 11) is 4.15. The number of hydrogen-bond acceptors (Lipinski definition) is 5. The molecule has 0 fully saturated rings. The maximum absolute atomic E-state index is 5.84. The number of aromatic nitrogens is 2. The highest BCUT2D eigenvalue weighted by Crippen LogP contribution is 2.14. The Balaban J connectivity index is 2.83. The van der Waals surface area contributed by atoms with Crippen LogP contribution in [0.2, 0.25) is 0 Å². The largest absolute Gasteiger partial charge is 0.384 e. The molecule has 0 aliphatic carbocycles. The van der Waals surface area contributed by atoms with Crippen molar-refractivity contribution >= 4 is 11.6 Å². The third-order valence-corrected chi connectivity index (χ3v) is 2.97. The summed E-state index contributed by atoms with van der Waals surface area (Å²) in [6.07, 6.45) is 1.88. The van der Waals surface area contributed by atoms with Gasteiger partial charge in [-0.3, -0.25) is 0 Å². The van der Waals surface area contributed by atoms with Gasteiger partial charge >= 0.3 is 0 Å². The molecule has 3 N–H and O–H groups in total. The Bertz CT molecular complexity index is 389. The number of anilines is 2. The van der Waals surface area contributed by atoms with Crippen molar-refractivity contribution in [3.8, 4) is 0 Å². The molecule has 1 aromatic heterocycles. The molecule has 0 saturated carbocycles. The Kier molecular flexibility index (Phi) is 6.02. The van der Waals surface area contributed by atoms with E-state index in [1.165, 1.54) is 0 Å². The fraction of sp³-hybridized carbons (Fsp3) is 0.714. The van der Waals surface area contributed by atoms with Crippen molar-refractivity contribution in [3.63, 3.8) is 0 Å². The van der Waals surface area contributed by atoms with Gasteiger partial charge in [0.15, 0.2) is 0 Å². The van der Waals surface area contributed by atoms with E-state index in [1.54, 1.807) is 0 Å². The minimum atomic E-state index is 0.346. The van der Waals surface area contributed by atoms with Gasteiger partial charge in [-0.25, -0.2) is 9.97 Å². The molecular weight excluding hydrogens is 238 g/mol. The van der Waals surface area contributed by atoms with E-state index < -0.39 is 0 Å². The van der Waals surface area contributed by atoms with Gasteiger partial charge in [0.2, 0.25) is 0 Å². The molecule has 0 amide bonds. The maximum Gasteiger partial charge on any atom is 0.133 e. The summed E-state index contributed by atoms with van der Waals surface area (Å²) in [4.78, 5) is 11.0. The minimum Gasteiger partial charge on any atom is -0.384 e. The molecule has 1 rings (SSSR count). The van der Waals surface area contributed by atoms with Crippen molar-refractivity contribution in [3.05, 3.63) is 11.9 Å². The number of nitrogen functional groups attached to an aromatic ring is 1. The van der Waals surface area contributed by atoms with Crippen LogP contribution in [0.15, 0.2) is 6.07 Å². The van der Waals surface area contributed by atoms with Crippen molar-refractivity contribution in [2.45, 2.75) is 39.7 Å². The van der Waals surface area contributed by atoms with Crippen LogP contribution >= 0.6 is 0 Å². The van der Waals surface area contributed by atoms with Crippen LogP contribution in [0, 0.1) is 5.92 Å². The molecular formula is C14H27N5. The SMILES string of the molecule is CCCc1nc(N)cc(NC(CN(C)C)C(C)C)n1. The van der Waals surface area contributed by atoms with E-state index >= 15 is 0 Å². The standard InChI is InChI=1S/C14H27N5/c1-6-7-13-17-12(15)8-14(18-13)16-11(10(2)3)9-19(4)5/h8,10-11H,6-7,9H2,1-5H3,(H3,15,16,17,18). The lowest BCUT2D eigenvalue weighted by Gasteiger charge is -2.26. The third-order valence-electron chi connectivity index (χ3n) is 2.97. The van der Waals surface area contributed by atoms with Crippen LogP contribution < -0.4 is 11.1 Å². The highest BCUT2D eigenvalue weighted by Gasteiger charge is 2.15. The Hall–Kier alpha value is -1.36. The summed E-state index contributed by atoms with van der Waals surface area (Å²) in [5, 5.41) is 3.48. The predicted molar refractivity (Wildman–Crippen MR) is 81.2 cm³/mol. The van der Waals surface area contributed by atoms with Crippen molar-refractivity contribution in [1.82, 2.24) is 14.9 Å². The Morgan fingerprint density at radius 2 is 2.00 bits per heavy atom. The molecule has 1 aromatic rings. The second kappa shape index (κ2) is 7.28. The van der Waals surface area contributed by atoms with Crippen molar-refractivity contribution < 1.29 is 0 Å². The van der Waals surface area contributed by atoms with Gasteiger partial charge in [0, 0.05) is 25.1 Å². The summed E-state index contributed by atoms with van der Waals surface area (Å²) in [6.45, 7) is 7.49. The lowest BCUT2D eigenvalue weighted by atomic mass is 10.0. The zero-order valence-corrected chi connectivity index (χ0v) is 12.8. The highest BCUT2D eigenvalue weighted by molar-refractivity contribution is 5.45. The monoisotopic (exact) mass is 265 g/mol. The summed E-state index contributed by atoms with van der Waals surface area (Å²) in [5.41, 5.74) is 5.84. The molecule has 0 saturated heterocycles. The highest BCUT2D eigenvalue weighted by atomic mass is 15.1. The molecule has 19 heavy (non-hydrogen) atoms. The third kappa shape index (κ3) is 5.42. The summed E-state index contributed by atoms with van der Waals surface area (Å²) in [5.74, 6) is 2.70. The number of likely N-dealkylation sites (N-methyl/N-ethyl adjacent to an activating group) is 1. The number of rotatable bonds is 7. The van der Waals surface area contributed by atoms with Crippen LogP contribution in [0.4, 0.5) is 11.6 Å². The van der Waals surface area contributed by atoms with Gasteiger partial charge < -0.3 is 16.0 Å². The van der Waals surface area contributed by atoms with Gasteiger partial charge in [-0.05, 0) is 26.4 Å². The second-order valence-corrected chi connectivity index (χ2v) is 5.60. The molecule has 108 valence electrons. The van der Waals surface area contributed by atoms with Gasteiger partial charge in [-0.15, -0.1) is 0 Å². The summed E-state index contributed by atoms with van der Waals surface area (Å²) >= 11 is 0. The van der Waals surface area contributed by atoms with Crippen LogP contribution in [0.3, 0.4) is 0 Å². The van der Waals surface area contributed by atoms with Crippen LogP contribution in [0.25, 0.3) is 0 Å².